The van der Waals surface area contributed by atoms with Crippen LogP contribution in [0.4, 0.5) is 0 Å². The summed E-state index contributed by atoms with van der Waals surface area (Å²) in [6.07, 6.45) is 0. The Morgan fingerprint density at radius 3 is 2.45 bits per heavy atom. The van der Waals surface area contributed by atoms with Crippen molar-refractivity contribution in [1.29, 1.82) is 0 Å². The van der Waals surface area contributed by atoms with Crippen LogP contribution in [0.15, 0.2) is 28.7 Å². The van der Waals surface area contributed by atoms with Crippen LogP contribution in [0.2, 0.25) is 0 Å². The standard InChI is InChI=1S/C14H19BrN2O3/c1-16(2)13(18)10-17(8-9-20-3)14(19)11-6-4-5-7-12(11)15/h4-7H,8-10H2,1-3H3. The van der Waals surface area contributed by atoms with E-state index in [1.54, 1.807) is 39.4 Å². The van der Waals surface area contributed by atoms with E-state index in [0.717, 1.165) is 0 Å². The summed E-state index contributed by atoms with van der Waals surface area (Å²) in [6, 6.07) is 7.16. The number of hydrogen-bond acceptors (Lipinski definition) is 3. The molecule has 0 aliphatic rings. The van der Waals surface area contributed by atoms with Crippen LogP contribution >= 0.6 is 15.9 Å². The second kappa shape index (κ2) is 8.01. The number of nitrogens with zero attached hydrogens (tertiary/aromatic N) is 2. The van der Waals surface area contributed by atoms with Crippen molar-refractivity contribution < 1.29 is 14.3 Å². The van der Waals surface area contributed by atoms with E-state index in [-0.39, 0.29) is 18.4 Å². The van der Waals surface area contributed by atoms with Crippen LogP contribution in [0.3, 0.4) is 0 Å². The maximum Gasteiger partial charge on any atom is 0.255 e. The highest BCUT2D eigenvalue weighted by molar-refractivity contribution is 9.10. The van der Waals surface area contributed by atoms with Crippen molar-refractivity contribution in [2.75, 3.05) is 40.9 Å². The SMILES string of the molecule is COCCN(CC(=O)N(C)C)C(=O)c1ccccc1Br. The summed E-state index contributed by atoms with van der Waals surface area (Å²) in [7, 11) is 4.90. The molecule has 0 fully saturated rings. The van der Waals surface area contributed by atoms with Crippen LogP contribution < -0.4 is 0 Å². The van der Waals surface area contributed by atoms with Gasteiger partial charge in [-0.2, -0.15) is 0 Å². The number of halogens is 1. The molecule has 1 aromatic carbocycles. The molecule has 0 aliphatic carbocycles. The monoisotopic (exact) mass is 342 g/mol. The molecule has 5 nitrogen and oxygen atoms in total. The average molecular weight is 343 g/mol. The van der Waals surface area contributed by atoms with Crippen LogP contribution in [0, 0.1) is 0 Å². The number of hydrogen-bond donors (Lipinski definition) is 0. The van der Waals surface area contributed by atoms with Crippen molar-refractivity contribution in [3.63, 3.8) is 0 Å². The maximum atomic E-state index is 12.5. The summed E-state index contributed by atoms with van der Waals surface area (Å²) in [5, 5.41) is 0. The molecule has 0 saturated carbocycles. The third kappa shape index (κ3) is 4.61. The molecule has 6 heteroatoms. The number of carbonyl (C=O) groups is 2. The Hall–Kier alpha value is -1.40. The van der Waals surface area contributed by atoms with Crippen LogP contribution in [-0.4, -0.2) is 62.5 Å². The first-order valence-corrected chi connectivity index (χ1v) is 6.99. The molecule has 20 heavy (non-hydrogen) atoms. The lowest BCUT2D eigenvalue weighted by molar-refractivity contribution is -0.129. The zero-order valence-electron chi connectivity index (χ0n) is 11.9. The number of rotatable bonds is 6. The molecule has 0 heterocycles. The molecule has 0 unspecified atom stereocenters. The van der Waals surface area contributed by atoms with Crippen LogP contribution in [0.25, 0.3) is 0 Å². The number of benzene rings is 1. The number of carbonyl (C=O) groups excluding carboxylic acids is 2. The zero-order valence-corrected chi connectivity index (χ0v) is 13.5. The van der Waals surface area contributed by atoms with Gasteiger partial charge in [0, 0.05) is 32.2 Å². The fourth-order valence-corrected chi connectivity index (χ4v) is 2.02. The fraction of sp³-hybridized carbons (Fsp3) is 0.429. The molecule has 2 amide bonds. The van der Waals surface area contributed by atoms with Gasteiger partial charge >= 0.3 is 0 Å². The molecule has 0 saturated heterocycles. The van der Waals surface area contributed by atoms with Gasteiger partial charge in [-0.3, -0.25) is 9.59 Å². The Morgan fingerprint density at radius 2 is 1.90 bits per heavy atom. The third-order valence-corrected chi connectivity index (χ3v) is 3.47. The van der Waals surface area contributed by atoms with E-state index < -0.39 is 0 Å². The first-order chi connectivity index (χ1) is 9.47. The Kier molecular flexibility index (Phi) is 6.67. The minimum Gasteiger partial charge on any atom is -0.383 e. The van der Waals surface area contributed by atoms with E-state index in [2.05, 4.69) is 15.9 Å². The Bertz CT molecular complexity index is 477. The predicted octanol–water partition coefficient (Wildman–Crippen LogP) is 1.63. The van der Waals surface area contributed by atoms with Crippen molar-refractivity contribution >= 4 is 27.7 Å². The second-order valence-corrected chi connectivity index (χ2v) is 5.34. The summed E-state index contributed by atoms with van der Waals surface area (Å²) in [4.78, 5) is 27.3. The number of likely N-dealkylation sites (N-methyl/N-ethyl adjacent to an activating group) is 1. The van der Waals surface area contributed by atoms with Crippen LogP contribution in [0.1, 0.15) is 10.4 Å². The minimum absolute atomic E-state index is 0.0382. The molecule has 0 aromatic heterocycles. The molecule has 0 N–H and O–H groups in total. The van der Waals surface area contributed by atoms with Crippen molar-refractivity contribution in [2.24, 2.45) is 0 Å². The molecule has 1 rings (SSSR count). The summed E-state index contributed by atoms with van der Waals surface area (Å²) in [5.74, 6) is -0.314. The van der Waals surface area contributed by atoms with Gasteiger partial charge in [-0.25, -0.2) is 0 Å². The van der Waals surface area contributed by atoms with Gasteiger partial charge in [-0.1, -0.05) is 12.1 Å². The van der Waals surface area contributed by atoms with E-state index in [1.165, 1.54) is 9.80 Å². The highest BCUT2D eigenvalue weighted by Gasteiger charge is 2.21. The zero-order chi connectivity index (χ0) is 15.1. The molecule has 0 radical (unpaired) electrons. The van der Waals surface area contributed by atoms with E-state index >= 15 is 0 Å². The van der Waals surface area contributed by atoms with Gasteiger partial charge in [-0.15, -0.1) is 0 Å². The van der Waals surface area contributed by atoms with E-state index in [4.69, 9.17) is 4.74 Å². The van der Waals surface area contributed by atoms with Crippen LogP contribution in [-0.2, 0) is 9.53 Å². The molecule has 0 aliphatic heterocycles. The number of amides is 2. The fourth-order valence-electron chi connectivity index (χ4n) is 1.56. The Morgan fingerprint density at radius 1 is 1.25 bits per heavy atom. The minimum atomic E-state index is -0.190. The molecular formula is C14H19BrN2O3. The third-order valence-electron chi connectivity index (χ3n) is 2.78. The molecule has 0 atom stereocenters. The summed E-state index contributed by atoms with van der Waals surface area (Å²) in [5.41, 5.74) is 0.537. The predicted molar refractivity (Wildman–Crippen MR) is 80.6 cm³/mol. The second-order valence-electron chi connectivity index (χ2n) is 4.49. The van der Waals surface area contributed by atoms with E-state index in [0.29, 0.717) is 23.2 Å². The lowest BCUT2D eigenvalue weighted by atomic mass is 10.2. The molecule has 1 aromatic rings. The average Bonchev–Trinajstić information content (AvgIpc) is 2.42. The first kappa shape index (κ1) is 16.7. The normalized spacial score (nSPS) is 10.2. The van der Waals surface area contributed by atoms with Crippen molar-refractivity contribution in [1.82, 2.24) is 9.80 Å². The number of ether oxygens (including phenoxy) is 1. The highest BCUT2D eigenvalue weighted by atomic mass is 79.9. The number of methoxy groups -OCH3 is 1. The molecule has 110 valence electrons. The van der Waals surface area contributed by atoms with Crippen molar-refractivity contribution in [3.05, 3.63) is 34.3 Å². The van der Waals surface area contributed by atoms with Gasteiger partial charge in [0.25, 0.3) is 5.91 Å². The van der Waals surface area contributed by atoms with Gasteiger partial charge in [0.05, 0.1) is 12.2 Å². The Labute approximate surface area is 127 Å². The lowest BCUT2D eigenvalue weighted by Gasteiger charge is -2.24. The lowest BCUT2D eigenvalue weighted by Crippen LogP contribution is -2.42. The van der Waals surface area contributed by atoms with Crippen molar-refractivity contribution in [2.45, 2.75) is 0 Å². The summed E-state index contributed by atoms with van der Waals surface area (Å²) < 4.78 is 5.71. The summed E-state index contributed by atoms with van der Waals surface area (Å²) >= 11 is 3.35. The van der Waals surface area contributed by atoms with Gasteiger partial charge in [0.15, 0.2) is 0 Å². The van der Waals surface area contributed by atoms with Gasteiger partial charge < -0.3 is 14.5 Å². The summed E-state index contributed by atoms with van der Waals surface area (Å²) in [6.45, 7) is 0.795. The molecular weight excluding hydrogens is 324 g/mol. The van der Waals surface area contributed by atoms with Crippen molar-refractivity contribution in [3.8, 4) is 0 Å². The van der Waals surface area contributed by atoms with E-state index in [9.17, 15) is 9.59 Å². The van der Waals surface area contributed by atoms with Gasteiger partial charge in [-0.05, 0) is 28.1 Å². The maximum absolute atomic E-state index is 12.5. The quantitative estimate of drug-likeness (QED) is 0.789. The highest BCUT2D eigenvalue weighted by Crippen LogP contribution is 2.17. The molecule has 0 spiro atoms. The van der Waals surface area contributed by atoms with E-state index in [1.807, 2.05) is 6.07 Å². The smallest absolute Gasteiger partial charge is 0.255 e. The van der Waals surface area contributed by atoms with Crippen LogP contribution in [0.5, 0.6) is 0 Å². The largest absolute Gasteiger partial charge is 0.383 e. The van der Waals surface area contributed by atoms with Gasteiger partial charge in [0.1, 0.15) is 6.54 Å². The topological polar surface area (TPSA) is 49.9 Å². The molecule has 0 bridgehead atoms. The first-order valence-electron chi connectivity index (χ1n) is 6.20. The van der Waals surface area contributed by atoms with Gasteiger partial charge in [0.2, 0.25) is 5.91 Å². The Balaban J connectivity index is 2.89.